The van der Waals surface area contributed by atoms with Crippen LogP contribution in [0.4, 0.5) is 0 Å². The quantitative estimate of drug-likeness (QED) is 0.607. The molecule has 0 aromatic heterocycles. The van der Waals surface area contributed by atoms with Gasteiger partial charge in [-0.2, -0.15) is 0 Å². The Kier molecular flexibility index (Phi) is 3.37. The lowest BCUT2D eigenvalue weighted by atomic mass is 10.1. The van der Waals surface area contributed by atoms with Crippen LogP contribution >= 0.6 is 0 Å². The number of fused-ring (bicyclic) bond motifs is 1. The van der Waals surface area contributed by atoms with Crippen molar-refractivity contribution in [1.29, 1.82) is 0 Å². The van der Waals surface area contributed by atoms with Gasteiger partial charge in [0.15, 0.2) is 11.5 Å². The zero-order chi connectivity index (χ0) is 12.4. The Bertz CT molecular complexity index is 558. The van der Waals surface area contributed by atoms with Gasteiger partial charge in [0.05, 0.1) is 0 Å². The van der Waals surface area contributed by atoms with Crippen molar-refractivity contribution in [2.75, 3.05) is 11.5 Å². The minimum absolute atomic E-state index is 0.122. The SMILES string of the molecule is O=CC(c1ccc2ccccc2c1)[S+]1CCCC1. The average Bonchev–Trinajstić information content (AvgIpc) is 2.93. The third-order valence-electron chi connectivity index (χ3n) is 3.65. The molecule has 0 bridgehead atoms. The first-order chi connectivity index (χ1) is 8.88. The molecule has 92 valence electrons. The molecule has 0 radical (unpaired) electrons. The zero-order valence-corrected chi connectivity index (χ0v) is 11.2. The Morgan fingerprint density at radius 2 is 1.72 bits per heavy atom. The predicted molar refractivity (Wildman–Crippen MR) is 79.1 cm³/mol. The molecule has 1 atom stereocenters. The van der Waals surface area contributed by atoms with Crippen molar-refractivity contribution in [3.05, 3.63) is 48.0 Å². The van der Waals surface area contributed by atoms with Crippen LogP contribution in [0.5, 0.6) is 0 Å². The van der Waals surface area contributed by atoms with Crippen molar-refractivity contribution in [1.82, 2.24) is 0 Å². The Morgan fingerprint density at radius 3 is 2.44 bits per heavy atom. The van der Waals surface area contributed by atoms with Crippen LogP contribution < -0.4 is 0 Å². The second-order valence-corrected chi connectivity index (χ2v) is 7.22. The van der Waals surface area contributed by atoms with E-state index in [0.29, 0.717) is 0 Å². The van der Waals surface area contributed by atoms with Crippen molar-refractivity contribution in [3.63, 3.8) is 0 Å². The number of carbonyl (C=O) groups is 1. The molecular formula is C16H17OS+. The molecule has 1 heterocycles. The van der Waals surface area contributed by atoms with Crippen molar-refractivity contribution in [2.24, 2.45) is 0 Å². The van der Waals surface area contributed by atoms with Crippen LogP contribution in [0.25, 0.3) is 10.8 Å². The van der Waals surface area contributed by atoms with Gasteiger partial charge < -0.3 is 0 Å². The topological polar surface area (TPSA) is 17.1 Å². The summed E-state index contributed by atoms with van der Waals surface area (Å²) >= 11 is 0. The highest BCUT2D eigenvalue weighted by molar-refractivity contribution is 7.97. The third-order valence-corrected chi connectivity index (χ3v) is 6.38. The largest absolute Gasteiger partial charge is 0.297 e. The maximum Gasteiger partial charge on any atom is 0.198 e. The second kappa shape index (κ2) is 5.15. The third kappa shape index (κ3) is 2.17. The average molecular weight is 257 g/mol. The summed E-state index contributed by atoms with van der Waals surface area (Å²) in [6.45, 7) is 0. The molecule has 2 heteroatoms. The summed E-state index contributed by atoms with van der Waals surface area (Å²) < 4.78 is 0. The van der Waals surface area contributed by atoms with E-state index in [2.05, 4.69) is 42.5 Å². The minimum Gasteiger partial charge on any atom is -0.297 e. The van der Waals surface area contributed by atoms with Gasteiger partial charge >= 0.3 is 0 Å². The molecule has 0 spiro atoms. The Hall–Kier alpha value is -1.28. The molecule has 2 aromatic rings. The lowest BCUT2D eigenvalue weighted by Gasteiger charge is -2.11. The number of hydrogen-bond acceptors (Lipinski definition) is 1. The molecule has 18 heavy (non-hydrogen) atoms. The van der Waals surface area contributed by atoms with Crippen molar-refractivity contribution in [3.8, 4) is 0 Å². The fraction of sp³-hybridized carbons (Fsp3) is 0.312. The molecule has 1 fully saturated rings. The van der Waals surface area contributed by atoms with Crippen molar-refractivity contribution >= 4 is 28.0 Å². The molecule has 1 saturated heterocycles. The molecule has 1 aliphatic heterocycles. The number of carbonyl (C=O) groups excluding carboxylic acids is 1. The van der Waals surface area contributed by atoms with Crippen LogP contribution in [0.15, 0.2) is 42.5 Å². The van der Waals surface area contributed by atoms with E-state index in [-0.39, 0.29) is 16.1 Å². The predicted octanol–water partition coefficient (Wildman–Crippen LogP) is 3.49. The molecule has 3 rings (SSSR count). The van der Waals surface area contributed by atoms with Gasteiger partial charge in [-0.1, -0.05) is 36.4 Å². The Labute approximate surface area is 111 Å². The summed E-state index contributed by atoms with van der Waals surface area (Å²) in [4.78, 5) is 11.4. The Balaban J connectivity index is 1.98. The number of hydrogen-bond donors (Lipinski definition) is 0. The van der Waals surface area contributed by atoms with E-state index in [4.69, 9.17) is 0 Å². The highest BCUT2D eigenvalue weighted by Gasteiger charge is 2.34. The molecule has 0 saturated carbocycles. The van der Waals surface area contributed by atoms with Crippen LogP contribution in [-0.2, 0) is 15.7 Å². The first-order valence-corrected chi connectivity index (χ1v) is 8.11. The summed E-state index contributed by atoms with van der Waals surface area (Å²) in [7, 11) is 0.273. The first-order valence-electron chi connectivity index (χ1n) is 6.49. The van der Waals surface area contributed by atoms with Crippen molar-refractivity contribution < 1.29 is 4.79 Å². The van der Waals surface area contributed by atoms with Gasteiger partial charge in [-0.05, 0) is 29.7 Å². The maximum absolute atomic E-state index is 11.4. The van der Waals surface area contributed by atoms with Crippen LogP contribution in [0.1, 0.15) is 23.7 Å². The fourth-order valence-electron chi connectivity index (χ4n) is 2.67. The molecule has 1 aliphatic rings. The van der Waals surface area contributed by atoms with E-state index in [0.717, 1.165) is 0 Å². The number of rotatable bonds is 3. The summed E-state index contributed by atoms with van der Waals surface area (Å²) in [6.07, 6.45) is 3.75. The molecule has 0 aliphatic carbocycles. The van der Waals surface area contributed by atoms with Gasteiger partial charge in [0.2, 0.25) is 0 Å². The molecule has 2 aromatic carbocycles. The minimum atomic E-state index is 0.122. The second-order valence-electron chi connectivity index (χ2n) is 4.82. The van der Waals surface area contributed by atoms with Gasteiger partial charge in [-0.3, -0.25) is 4.79 Å². The first kappa shape index (κ1) is 11.8. The smallest absolute Gasteiger partial charge is 0.198 e. The van der Waals surface area contributed by atoms with Gasteiger partial charge in [-0.15, -0.1) is 0 Å². The van der Waals surface area contributed by atoms with Gasteiger partial charge in [-0.25, -0.2) is 0 Å². The highest BCUT2D eigenvalue weighted by Crippen LogP contribution is 2.30. The highest BCUT2D eigenvalue weighted by atomic mass is 32.2. The van der Waals surface area contributed by atoms with E-state index < -0.39 is 0 Å². The lowest BCUT2D eigenvalue weighted by Crippen LogP contribution is -2.16. The molecule has 0 N–H and O–H groups in total. The molecular weight excluding hydrogens is 240 g/mol. The fourth-order valence-corrected chi connectivity index (χ4v) is 5.22. The molecule has 1 nitrogen and oxygen atoms in total. The molecule has 1 unspecified atom stereocenters. The van der Waals surface area contributed by atoms with Gasteiger partial charge in [0.1, 0.15) is 11.5 Å². The summed E-state index contributed by atoms with van der Waals surface area (Å²) in [5.74, 6) is 2.46. The van der Waals surface area contributed by atoms with Gasteiger partial charge in [0, 0.05) is 16.5 Å². The van der Waals surface area contributed by atoms with Crippen LogP contribution in [0, 0.1) is 0 Å². The number of aldehydes is 1. The van der Waals surface area contributed by atoms with Crippen LogP contribution in [-0.4, -0.2) is 17.8 Å². The van der Waals surface area contributed by atoms with E-state index in [9.17, 15) is 4.79 Å². The van der Waals surface area contributed by atoms with Crippen LogP contribution in [0.2, 0.25) is 0 Å². The molecule has 0 amide bonds. The number of benzene rings is 2. The van der Waals surface area contributed by atoms with E-state index in [1.54, 1.807) is 0 Å². The summed E-state index contributed by atoms with van der Waals surface area (Å²) in [6, 6.07) is 14.8. The normalized spacial score (nSPS) is 18.0. The summed E-state index contributed by atoms with van der Waals surface area (Å²) in [5, 5.41) is 2.61. The Morgan fingerprint density at radius 1 is 1.00 bits per heavy atom. The van der Waals surface area contributed by atoms with Crippen molar-refractivity contribution in [2.45, 2.75) is 18.1 Å². The van der Waals surface area contributed by atoms with E-state index in [1.807, 2.05) is 0 Å². The van der Waals surface area contributed by atoms with E-state index in [1.165, 1.54) is 47.0 Å². The monoisotopic (exact) mass is 257 g/mol. The zero-order valence-electron chi connectivity index (χ0n) is 10.3. The van der Waals surface area contributed by atoms with Gasteiger partial charge in [0.25, 0.3) is 0 Å². The maximum atomic E-state index is 11.4. The standard InChI is InChI=1S/C16H17OS/c17-12-16(18-9-3-4-10-18)15-8-7-13-5-1-2-6-14(13)11-15/h1-2,5-8,11-12,16H,3-4,9-10H2/q+1. The summed E-state index contributed by atoms with van der Waals surface area (Å²) in [5.41, 5.74) is 1.20. The lowest BCUT2D eigenvalue weighted by molar-refractivity contribution is -0.107. The van der Waals surface area contributed by atoms with E-state index >= 15 is 0 Å². The van der Waals surface area contributed by atoms with Crippen LogP contribution in [0.3, 0.4) is 0 Å².